The molecule has 23 heavy (non-hydrogen) atoms. The molecule has 1 aromatic heterocycles. The number of benzene rings is 1. The summed E-state index contributed by atoms with van der Waals surface area (Å²) in [6.45, 7) is 4.65. The number of para-hydroxylation sites is 1. The van der Waals surface area contributed by atoms with E-state index < -0.39 is 0 Å². The number of rotatable bonds is 3. The van der Waals surface area contributed by atoms with Crippen LogP contribution in [0.1, 0.15) is 44.1 Å². The molecule has 2 aromatic rings. The van der Waals surface area contributed by atoms with Crippen molar-refractivity contribution in [3.8, 4) is 0 Å². The first kappa shape index (κ1) is 14.9. The van der Waals surface area contributed by atoms with Gasteiger partial charge in [-0.1, -0.05) is 31.0 Å². The summed E-state index contributed by atoms with van der Waals surface area (Å²) in [6, 6.07) is 10.1. The molecular formula is C20H27N3. The first-order valence-electron chi connectivity index (χ1n) is 9.16. The van der Waals surface area contributed by atoms with Gasteiger partial charge in [-0.15, -0.1) is 0 Å². The van der Waals surface area contributed by atoms with Crippen LogP contribution in [-0.4, -0.2) is 35.1 Å². The molecule has 3 heteroatoms. The van der Waals surface area contributed by atoms with Gasteiger partial charge in [-0.05, 0) is 44.2 Å². The second-order valence-corrected chi connectivity index (χ2v) is 7.22. The molecule has 1 aliphatic carbocycles. The van der Waals surface area contributed by atoms with Crippen LogP contribution in [0.2, 0.25) is 0 Å². The highest BCUT2D eigenvalue weighted by molar-refractivity contribution is 5.92. The van der Waals surface area contributed by atoms with Gasteiger partial charge in [0.25, 0.3) is 0 Å². The molecule has 0 bridgehead atoms. The Morgan fingerprint density at radius 1 is 1.04 bits per heavy atom. The number of hydrogen-bond donors (Lipinski definition) is 1. The van der Waals surface area contributed by atoms with E-state index in [1.165, 1.54) is 68.3 Å². The van der Waals surface area contributed by atoms with Crippen molar-refractivity contribution >= 4 is 16.6 Å². The maximum Gasteiger partial charge on any atom is 0.0751 e. The molecule has 4 rings (SSSR count). The van der Waals surface area contributed by atoms with Crippen LogP contribution in [0.4, 0.5) is 5.69 Å². The summed E-state index contributed by atoms with van der Waals surface area (Å²) in [5, 5.41) is 5.05. The Morgan fingerprint density at radius 3 is 2.61 bits per heavy atom. The van der Waals surface area contributed by atoms with Crippen LogP contribution in [0.5, 0.6) is 0 Å². The molecule has 0 amide bonds. The van der Waals surface area contributed by atoms with Gasteiger partial charge in [0.15, 0.2) is 0 Å². The van der Waals surface area contributed by atoms with E-state index in [0.717, 1.165) is 11.6 Å². The number of likely N-dealkylation sites (tertiary alicyclic amines) is 1. The molecule has 1 N–H and O–H groups in total. The molecule has 0 atom stereocenters. The van der Waals surface area contributed by atoms with Crippen LogP contribution in [0.25, 0.3) is 10.9 Å². The van der Waals surface area contributed by atoms with E-state index in [1.807, 2.05) is 6.20 Å². The molecule has 2 fully saturated rings. The van der Waals surface area contributed by atoms with E-state index in [4.69, 9.17) is 0 Å². The van der Waals surface area contributed by atoms with Crippen molar-refractivity contribution in [1.29, 1.82) is 0 Å². The third-order valence-corrected chi connectivity index (χ3v) is 5.70. The van der Waals surface area contributed by atoms with E-state index in [2.05, 4.69) is 46.4 Å². The average molecular weight is 309 g/mol. The van der Waals surface area contributed by atoms with Gasteiger partial charge in [-0.2, -0.15) is 0 Å². The summed E-state index contributed by atoms with van der Waals surface area (Å²) in [7, 11) is 0. The van der Waals surface area contributed by atoms with Gasteiger partial charge in [0.05, 0.1) is 5.52 Å². The largest absolute Gasteiger partial charge is 0.382 e. The summed E-state index contributed by atoms with van der Waals surface area (Å²) < 4.78 is 0. The maximum atomic E-state index is 4.55. The molecule has 1 saturated carbocycles. The number of pyridine rings is 1. The van der Waals surface area contributed by atoms with Crippen LogP contribution >= 0.6 is 0 Å². The third-order valence-electron chi connectivity index (χ3n) is 5.70. The number of fused-ring (bicyclic) bond motifs is 1. The van der Waals surface area contributed by atoms with Crippen LogP contribution in [0, 0.1) is 6.92 Å². The Labute approximate surface area is 139 Å². The van der Waals surface area contributed by atoms with E-state index in [1.54, 1.807) is 0 Å². The zero-order valence-electron chi connectivity index (χ0n) is 14.1. The minimum absolute atomic E-state index is 0.596. The fourth-order valence-corrected chi connectivity index (χ4v) is 4.35. The van der Waals surface area contributed by atoms with E-state index >= 15 is 0 Å². The Morgan fingerprint density at radius 2 is 1.83 bits per heavy atom. The fraction of sp³-hybridized carbons (Fsp3) is 0.550. The first-order valence-corrected chi connectivity index (χ1v) is 9.16. The standard InChI is InChI=1S/C20H27N3/c1-15-5-4-8-18-19(9-12-21-20(15)18)22-16-10-13-23(14-11-16)17-6-2-3-7-17/h4-5,8-9,12,16-17H,2-3,6-7,10-11,13-14H2,1H3,(H,21,22). The lowest BCUT2D eigenvalue weighted by atomic mass is 10.0. The van der Waals surface area contributed by atoms with Crippen molar-refractivity contribution < 1.29 is 0 Å². The van der Waals surface area contributed by atoms with Crippen LogP contribution in [0.3, 0.4) is 0 Å². The van der Waals surface area contributed by atoms with Crippen molar-refractivity contribution in [2.75, 3.05) is 18.4 Å². The monoisotopic (exact) mass is 309 g/mol. The molecule has 2 aliphatic rings. The Kier molecular flexibility index (Phi) is 4.21. The van der Waals surface area contributed by atoms with E-state index in [-0.39, 0.29) is 0 Å². The Hall–Kier alpha value is -1.61. The predicted octanol–water partition coefficient (Wildman–Crippen LogP) is 4.36. The van der Waals surface area contributed by atoms with Crippen molar-refractivity contribution in [3.05, 3.63) is 36.0 Å². The topological polar surface area (TPSA) is 28.2 Å². The number of piperidine rings is 1. The van der Waals surface area contributed by atoms with Gasteiger partial charge in [0, 0.05) is 42.4 Å². The molecule has 1 aliphatic heterocycles. The lowest BCUT2D eigenvalue weighted by molar-refractivity contribution is 0.159. The number of aryl methyl sites for hydroxylation is 1. The smallest absolute Gasteiger partial charge is 0.0751 e. The van der Waals surface area contributed by atoms with Crippen molar-refractivity contribution in [3.63, 3.8) is 0 Å². The van der Waals surface area contributed by atoms with Crippen LogP contribution in [-0.2, 0) is 0 Å². The van der Waals surface area contributed by atoms with Gasteiger partial charge in [0.1, 0.15) is 0 Å². The predicted molar refractivity (Wildman–Crippen MR) is 97.0 cm³/mol. The number of nitrogens with zero attached hydrogens (tertiary/aromatic N) is 2. The fourth-order valence-electron chi connectivity index (χ4n) is 4.35. The minimum Gasteiger partial charge on any atom is -0.382 e. The second-order valence-electron chi connectivity index (χ2n) is 7.22. The summed E-state index contributed by atoms with van der Waals surface area (Å²) in [5.74, 6) is 0. The minimum atomic E-state index is 0.596. The molecule has 2 heterocycles. The number of hydrogen-bond acceptors (Lipinski definition) is 3. The zero-order chi connectivity index (χ0) is 15.6. The van der Waals surface area contributed by atoms with Gasteiger partial charge >= 0.3 is 0 Å². The van der Waals surface area contributed by atoms with Gasteiger partial charge in [0.2, 0.25) is 0 Å². The lowest BCUT2D eigenvalue weighted by Crippen LogP contribution is -2.43. The summed E-state index contributed by atoms with van der Waals surface area (Å²) >= 11 is 0. The SMILES string of the molecule is Cc1cccc2c(NC3CCN(C4CCCC4)CC3)ccnc12. The number of nitrogens with one attached hydrogen (secondary N) is 1. The van der Waals surface area contributed by atoms with Crippen LogP contribution < -0.4 is 5.32 Å². The van der Waals surface area contributed by atoms with E-state index in [9.17, 15) is 0 Å². The van der Waals surface area contributed by atoms with Crippen molar-refractivity contribution in [2.24, 2.45) is 0 Å². The second kappa shape index (κ2) is 6.48. The zero-order valence-corrected chi connectivity index (χ0v) is 14.1. The normalized spacial score (nSPS) is 21.1. The summed E-state index contributed by atoms with van der Waals surface area (Å²) in [5.41, 5.74) is 3.63. The molecule has 3 nitrogen and oxygen atoms in total. The van der Waals surface area contributed by atoms with Gasteiger partial charge in [-0.25, -0.2) is 0 Å². The van der Waals surface area contributed by atoms with Crippen molar-refractivity contribution in [2.45, 2.75) is 57.5 Å². The van der Waals surface area contributed by atoms with E-state index in [0.29, 0.717) is 6.04 Å². The van der Waals surface area contributed by atoms with Crippen molar-refractivity contribution in [1.82, 2.24) is 9.88 Å². The Balaban J connectivity index is 1.44. The molecular weight excluding hydrogens is 282 g/mol. The maximum absolute atomic E-state index is 4.55. The number of aromatic nitrogens is 1. The molecule has 0 spiro atoms. The highest BCUT2D eigenvalue weighted by Gasteiger charge is 2.27. The quantitative estimate of drug-likeness (QED) is 0.913. The van der Waals surface area contributed by atoms with Gasteiger partial charge < -0.3 is 10.2 Å². The van der Waals surface area contributed by atoms with Crippen LogP contribution in [0.15, 0.2) is 30.5 Å². The molecule has 0 unspecified atom stereocenters. The Bertz CT molecular complexity index is 668. The highest BCUT2D eigenvalue weighted by Crippen LogP contribution is 2.29. The summed E-state index contributed by atoms with van der Waals surface area (Å²) in [4.78, 5) is 7.29. The number of anilines is 1. The molecule has 1 saturated heterocycles. The first-order chi connectivity index (χ1) is 11.3. The van der Waals surface area contributed by atoms with Gasteiger partial charge in [-0.3, -0.25) is 4.98 Å². The molecule has 1 aromatic carbocycles. The average Bonchev–Trinajstić information content (AvgIpc) is 3.11. The summed E-state index contributed by atoms with van der Waals surface area (Å²) in [6.07, 6.45) is 10.2. The lowest BCUT2D eigenvalue weighted by Gasteiger charge is -2.36. The third kappa shape index (κ3) is 3.07. The molecule has 0 radical (unpaired) electrons. The highest BCUT2D eigenvalue weighted by atomic mass is 15.2. The molecule has 122 valence electrons.